The van der Waals surface area contributed by atoms with Crippen LogP contribution in [0.15, 0.2) is 24.3 Å². The highest BCUT2D eigenvalue weighted by Crippen LogP contribution is 2.09. The molecule has 3 amide bonds. The summed E-state index contributed by atoms with van der Waals surface area (Å²) in [6.07, 6.45) is 0.937. The molecule has 20 heavy (non-hydrogen) atoms. The molecular formula is C15H21N3O2. The Morgan fingerprint density at radius 2 is 2.10 bits per heavy atom. The van der Waals surface area contributed by atoms with Crippen LogP contribution in [0.25, 0.3) is 0 Å². The quantitative estimate of drug-likeness (QED) is 0.763. The molecule has 0 aromatic heterocycles. The molecule has 2 rings (SSSR count). The molecule has 108 valence electrons. The highest BCUT2D eigenvalue weighted by molar-refractivity contribution is 6.01. The summed E-state index contributed by atoms with van der Waals surface area (Å²) in [4.78, 5) is 24.0. The van der Waals surface area contributed by atoms with Gasteiger partial charge in [-0.2, -0.15) is 0 Å². The average Bonchev–Trinajstić information content (AvgIpc) is 2.73. The zero-order valence-corrected chi connectivity index (χ0v) is 12.0. The van der Waals surface area contributed by atoms with Crippen LogP contribution in [0.3, 0.4) is 0 Å². The lowest BCUT2D eigenvalue weighted by atomic mass is 10.0. The number of urea groups is 1. The van der Waals surface area contributed by atoms with Crippen molar-refractivity contribution in [2.75, 3.05) is 19.6 Å². The Balaban J connectivity index is 1.75. The zero-order valence-electron chi connectivity index (χ0n) is 12.0. The van der Waals surface area contributed by atoms with Crippen molar-refractivity contribution in [1.82, 2.24) is 15.5 Å². The molecule has 5 heteroatoms. The average molecular weight is 275 g/mol. The van der Waals surface area contributed by atoms with Crippen LogP contribution in [0.1, 0.15) is 18.1 Å². The van der Waals surface area contributed by atoms with E-state index >= 15 is 0 Å². The Morgan fingerprint density at radius 3 is 2.75 bits per heavy atom. The minimum atomic E-state index is -0.289. The van der Waals surface area contributed by atoms with Crippen LogP contribution in [-0.2, 0) is 11.2 Å². The van der Waals surface area contributed by atoms with Gasteiger partial charge in [-0.05, 0) is 31.4 Å². The van der Waals surface area contributed by atoms with Crippen molar-refractivity contribution in [2.24, 2.45) is 0 Å². The van der Waals surface area contributed by atoms with Crippen molar-refractivity contribution in [3.63, 3.8) is 0 Å². The van der Waals surface area contributed by atoms with E-state index in [1.807, 2.05) is 12.1 Å². The first-order chi connectivity index (χ1) is 9.58. The second-order valence-corrected chi connectivity index (χ2v) is 5.19. The van der Waals surface area contributed by atoms with Gasteiger partial charge in [0.2, 0.25) is 5.91 Å². The number of nitrogens with zero attached hydrogens (tertiary/aromatic N) is 1. The molecule has 0 spiro atoms. The van der Waals surface area contributed by atoms with E-state index in [0.717, 1.165) is 6.42 Å². The Morgan fingerprint density at radius 1 is 1.35 bits per heavy atom. The molecule has 0 saturated carbocycles. The summed E-state index contributed by atoms with van der Waals surface area (Å²) in [7, 11) is 0. The van der Waals surface area contributed by atoms with Crippen LogP contribution >= 0.6 is 0 Å². The van der Waals surface area contributed by atoms with Gasteiger partial charge in [0.1, 0.15) is 0 Å². The monoisotopic (exact) mass is 275 g/mol. The fourth-order valence-electron chi connectivity index (χ4n) is 2.35. The minimum absolute atomic E-state index is 0.123. The third kappa shape index (κ3) is 3.57. The topological polar surface area (TPSA) is 61.4 Å². The van der Waals surface area contributed by atoms with Crippen molar-refractivity contribution in [1.29, 1.82) is 0 Å². The van der Waals surface area contributed by atoms with Gasteiger partial charge in [0.25, 0.3) is 0 Å². The molecule has 0 radical (unpaired) electrons. The third-order valence-corrected chi connectivity index (χ3v) is 3.55. The van der Waals surface area contributed by atoms with Crippen molar-refractivity contribution in [3.8, 4) is 0 Å². The van der Waals surface area contributed by atoms with Crippen LogP contribution in [-0.4, -0.2) is 42.5 Å². The molecule has 0 bridgehead atoms. The Bertz CT molecular complexity index is 486. The molecule has 1 saturated heterocycles. The summed E-state index contributed by atoms with van der Waals surface area (Å²) in [5, 5.41) is 5.87. The number of imide groups is 1. The lowest BCUT2D eigenvalue weighted by molar-refractivity contribution is -0.124. The molecule has 5 nitrogen and oxygen atoms in total. The molecule has 1 aliphatic heterocycles. The largest absolute Gasteiger partial charge is 0.329 e. The number of hydrogen-bond donors (Lipinski definition) is 2. The van der Waals surface area contributed by atoms with Crippen LogP contribution in [0.2, 0.25) is 0 Å². The molecule has 1 heterocycles. The molecule has 1 aromatic carbocycles. The van der Waals surface area contributed by atoms with E-state index in [0.29, 0.717) is 19.1 Å². The molecule has 1 fully saturated rings. The Labute approximate surface area is 119 Å². The number of hydrogen-bond acceptors (Lipinski definition) is 3. The predicted molar refractivity (Wildman–Crippen MR) is 77.5 cm³/mol. The second kappa shape index (κ2) is 6.52. The summed E-state index contributed by atoms with van der Waals surface area (Å²) < 4.78 is 0. The maximum atomic E-state index is 11.4. The van der Waals surface area contributed by atoms with Crippen molar-refractivity contribution in [2.45, 2.75) is 26.3 Å². The highest BCUT2D eigenvalue weighted by Gasteiger charge is 2.27. The number of amides is 3. The van der Waals surface area contributed by atoms with E-state index < -0.39 is 0 Å². The molecule has 2 N–H and O–H groups in total. The summed E-state index contributed by atoms with van der Waals surface area (Å²) in [6.45, 7) is 5.38. The normalized spacial score (nSPS) is 16.4. The first kappa shape index (κ1) is 14.5. The van der Waals surface area contributed by atoms with Crippen LogP contribution in [0, 0.1) is 6.92 Å². The van der Waals surface area contributed by atoms with Gasteiger partial charge in [-0.15, -0.1) is 0 Å². The standard InChI is InChI=1S/C15H21N3O2/c1-11-5-3-4-6-13(11)9-12(2)16-7-8-18-14(19)10-17-15(18)20/h3-6,12,16H,7-10H2,1-2H3,(H,17,20)/t12-/m0/s1. The lowest BCUT2D eigenvalue weighted by Crippen LogP contribution is -2.40. The van der Waals surface area contributed by atoms with Crippen molar-refractivity contribution >= 4 is 11.9 Å². The van der Waals surface area contributed by atoms with E-state index in [1.165, 1.54) is 16.0 Å². The van der Waals surface area contributed by atoms with E-state index in [4.69, 9.17) is 0 Å². The highest BCUT2D eigenvalue weighted by atomic mass is 16.2. The van der Waals surface area contributed by atoms with Crippen LogP contribution in [0.5, 0.6) is 0 Å². The second-order valence-electron chi connectivity index (χ2n) is 5.19. The van der Waals surface area contributed by atoms with Gasteiger partial charge in [0.15, 0.2) is 0 Å². The molecule has 1 atom stereocenters. The van der Waals surface area contributed by atoms with Crippen LogP contribution < -0.4 is 10.6 Å². The SMILES string of the molecule is Cc1ccccc1C[C@H](C)NCCN1C(=O)CNC1=O. The van der Waals surface area contributed by atoms with Crippen molar-refractivity contribution in [3.05, 3.63) is 35.4 Å². The fourth-order valence-corrected chi connectivity index (χ4v) is 2.35. The molecule has 1 aliphatic rings. The molecule has 0 unspecified atom stereocenters. The summed E-state index contributed by atoms with van der Waals surface area (Å²) in [6, 6.07) is 8.33. The Kier molecular flexibility index (Phi) is 4.74. The van der Waals surface area contributed by atoms with Gasteiger partial charge in [-0.3, -0.25) is 9.69 Å². The van der Waals surface area contributed by atoms with Gasteiger partial charge in [0, 0.05) is 19.1 Å². The molecular weight excluding hydrogens is 254 g/mol. The van der Waals surface area contributed by atoms with E-state index in [2.05, 4.69) is 36.6 Å². The van der Waals surface area contributed by atoms with Gasteiger partial charge >= 0.3 is 6.03 Å². The van der Waals surface area contributed by atoms with Crippen LogP contribution in [0.4, 0.5) is 4.79 Å². The number of carbonyl (C=O) groups is 2. The fraction of sp³-hybridized carbons (Fsp3) is 0.467. The van der Waals surface area contributed by atoms with E-state index in [-0.39, 0.29) is 18.5 Å². The van der Waals surface area contributed by atoms with Crippen molar-refractivity contribution < 1.29 is 9.59 Å². The van der Waals surface area contributed by atoms with Gasteiger partial charge < -0.3 is 10.6 Å². The number of carbonyl (C=O) groups excluding carboxylic acids is 2. The summed E-state index contributed by atoms with van der Waals surface area (Å²) in [5.74, 6) is -0.150. The minimum Gasteiger partial charge on any atom is -0.329 e. The van der Waals surface area contributed by atoms with Gasteiger partial charge in [0.05, 0.1) is 6.54 Å². The first-order valence-corrected chi connectivity index (χ1v) is 6.94. The number of rotatable bonds is 6. The summed E-state index contributed by atoms with van der Waals surface area (Å²) >= 11 is 0. The van der Waals surface area contributed by atoms with Gasteiger partial charge in [-0.25, -0.2) is 4.79 Å². The maximum absolute atomic E-state index is 11.4. The van der Waals surface area contributed by atoms with E-state index in [1.54, 1.807) is 0 Å². The lowest BCUT2D eigenvalue weighted by Gasteiger charge is -2.17. The number of nitrogens with one attached hydrogen (secondary N) is 2. The van der Waals surface area contributed by atoms with E-state index in [9.17, 15) is 9.59 Å². The summed E-state index contributed by atoms with van der Waals surface area (Å²) in [5.41, 5.74) is 2.61. The molecule has 0 aliphatic carbocycles. The number of benzene rings is 1. The molecule has 1 aromatic rings. The van der Waals surface area contributed by atoms with Gasteiger partial charge in [-0.1, -0.05) is 24.3 Å². The smallest absolute Gasteiger partial charge is 0.324 e. The zero-order chi connectivity index (χ0) is 14.5. The predicted octanol–water partition coefficient (Wildman–Crippen LogP) is 1.07. The number of aryl methyl sites for hydroxylation is 1. The third-order valence-electron chi connectivity index (χ3n) is 3.55. The first-order valence-electron chi connectivity index (χ1n) is 6.94. The maximum Gasteiger partial charge on any atom is 0.324 e. The Hall–Kier alpha value is -1.88.